The number of ether oxygens (including phenoxy) is 2. The minimum Gasteiger partial charge on any atom is -0.515 e. The fourth-order valence-corrected chi connectivity index (χ4v) is 1.92. The quantitative estimate of drug-likeness (QED) is 0.494. The molecule has 0 bridgehead atoms. The second kappa shape index (κ2) is 4.91. The average Bonchev–Trinajstić information content (AvgIpc) is 2.75. The summed E-state index contributed by atoms with van der Waals surface area (Å²) in [4.78, 5) is 11.7. The van der Waals surface area contributed by atoms with Crippen molar-refractivity contribution < 1.29 is 19.4 Å². The van der Waals surface area contributed by atoms with E-state index in [-0.39, 0.29) is 18.1 Å². The number of aliphatic hydroxyl groups excluding tert-OH is 1. The highest BCUT2D eigenvalue weighted by Crippen LogP contribution is 2.38. The van der Waals surface area contributed by atoms with Gasteiger partial charge in [0, 0.05) is 5.56 Å². The van der Waals surface area contributed by atoms with Gasteiger partial charge < -0.3 is 14.6 Å². The van der Waals surface area contributed by atoms with Gasteiger partial charge in [-0.3, -0.25) is 0 Å². The van der Waals surface area contributed by atoms with Gasteiger partial charge in [-0.1, -0.05) is 18.2 Å². The van der Waals surface area contributed by atoms with Crippen LogP contribution in [0.3, 0.4) is 0 Å². The summed E-state index contributed by atoms with van der Waals surface area (Å²) in [6, 6.07) is 7.47. The Morgan fingerprint density at radius 1 is 1.59 bits per heavy atom. The number of carbonyl (C=O) groups is 1. The Kier molecular flexibility index (Phi) is 3.32. The van der Waals surface area contributed by atoms with E-state index in [1.54, 1.807) is 6.92 Å². The first-order chi connectivity index (χ1) is 8.27. The molecule has 1 aromatic rings. The van der Waals surface area contributed by atoms with Crippen LogP contribution in [-0.4, -0.2) is 24.3 Å². The first kappa shape index (κ1) is 11.5. The first-order valence-corrected chi connectivity index (χ1v) is 5.51. The number of hydrogen-bond acceptors (Lipinski definition) is 4. The summed E-state index contributed by atoms with van der Waals surface area (Å²) in [6.45, 7) is 2.36. The van der Waals surface area contributed by atoms with Crippen LogP contribution in [0.15, 0.2) is 36.1 Å². The van der Waals surface area contributed by atoms with E-state index in [0.717, 1.165) is 17.6 Å². The SMILES string of the molecule is CCOC(=O)/C(=C/O)C1COc2ccccc21. The monoisotopic (exact) mass is 234 g/mol. The molecule has 1 aliphatic heterocycles. The van der Waals surface area contributed by atoms with Crippen LogP contribution < -0.4 is 4.74 Å². The van der Waals surface area contributed by atoms with Crippen LogP contribution in [0.2, 0.25) is 0 Å². The second-order valence-electron chi connectivity index (χ2n) is 3.71. The van der Waals surface area contributed by atoms with Crippen LogP contribution in [-0.2, 0) is 9.53 Å². The molecular weight excluding hydrogens is 220 g/mol. The Morgan fingerprint density at radius 3 is 3.06 bits per heavy atom. The van der Waals surface area contributed by atoms with E-state index >= 15 is 0 Å². The second-order valence-corrected chi connectivity index (χ2v) is 3.71. The molecule has 0 fully saturated rings. The van der Waals surface area contributed by atoms with Crippen LogP contribution in [0, 0.1) is 0 Å². The highest BCUT2D eigenvalue weighted by atomic mass is 16.5. The molecule has 1 aromatic carbocycles. The highest BCUT2D eigenvalue weighted by Gasteiger charge is 2.31. The molecule has 0 aliphatic carbocycles. The zero-order valence-electron chi connectivity index (χ0n) is 9.55. The predicted molar refractivity (Wildman–Crippen MR) is 62.0 cm³/mol. The number of carbonyl (C=O) groups excluding carboxylic acids is 1. The number of fused-ring (bicyclic) bond motifs is 1. The maximum absolute atomic E-state index is 11.7. The molecule has 1 atom stereocenters. The fourth-order valence-electron chi connectivity index (χ4n) is 1.92. The molecule has 2 rings (SSSR count). The summed E-state index contributed by atoms with van der Waals surface area (Å²) in [6.07, 6.45) is 0.814. The summed E-state index contributed by atoms with van der Waals surface area (Å²) in [5, 5.41) is 9.19. The van der Waals surface area contributed by atoms with E-state index in [1.807, 2.05) is 24.3 Å². The number of para-hydroxylation sites is 1. The van der Waals surface area contributed by atoms with Gasteiger partial charge in [0.15, 0.2) is 0 Å². The van der Waals surface area contributed by atoms with Gasteiger partial charge in [0.05, 0.1) is 31.0 Å². The van der Waals surface area contributed by atoms with Crippen molar-refractivity contribution in [1.82, 2.24) is 0 Å². The molecular formula is C13H14O4. The molecule has 1 heterocycles. The van der Waals surface area contributed by atoms with E-state index in [9.17, 15) is 9.90 Å². The Morgan fingerprint density at radius 2 is 2.35 bits per heavy atom. The van der Waals surface area contributed by atoms with Crippen molar-refractivity contribution >= 4 is 5.97 Å². The molecule has 90 valence electrons. The molecule has 1 aliphatic rings. The number of benzene rings is 1. The molecule has 4 heteroatoms. The Bertz CT molecular complexity index is 450. The lowest BCUT2D eigenvalue weighted by Gasteiger charge is -2.11. The molecule has 0 radical (unpaired) electrons. The van der Waals surface area contributed by atoms with E-state index in [2.05, 4.69) is 0 Å². The van der Waals surface area contributed by atoms with Gasteiger partial charge in [-0.25, -0.2) is 4.79 Å². The van der Waals surface area contributed by atoms with Gasteiger partial charge >= 0.3 is 5.97 Å². The highest BCUT2D eigenvalue weighted by molar-refractivity contribution is 5.90. The van der Waals surface area contributed by atoms with Crippen molar-refractivity contribution in [2.45, 2.75) is 12.8 Å². The third-order valence-corrected chi connectivity index (χ3v) is 2.73. The van der Waals surface area contributed by atoms with Crippen LogP contribution in [0.5, 0.6) is 5.75 Å². The smallest absolute Gasteiger partial charge is 0.337 e. The summed E-state index contributed by atoms with van der Waals surface area (Å²) in [5.74, 6) is -0.00305. The molecule has 17 heavy (non-hydrogen) atoms. The summed E-state index contributed by atoms with van der Waals surface area (Å²) >= 11 is 0. The van der Waals surface area contributed by atoms with Crippen LogP contribution in [0.4, 0.5) is 0 Å². The molecule has 0 amide bonds. The largest absolute Gasteiger partial charge is 0.515 e. The number of rotatable bonds is 3. The Balaban J connectivity index is 2.27. The predicted octanol–water partition coefficient (Wildman–Crippen LogP) is 2.17. The maximum atomic E-state index is 11.7. The number of hydrogen-bond donors (Lipinski definition) is 1. The molecule has 0 spiro atoms. The standard InChI is InChI=1S/C13H14O4/c1-2-16-13(15)10(7-14)11-8-17-12-6-4-3-5-9(11)12/h3-7,11,14H,2,8H2,1H3/b10-7+. The normalized spacial score (nSPS) is 18.4. The first-order valence-electron chi connectivity index (χ1n) is 5.51. The van der Waals surface area contributed by atoms with E-state index in [4.69, 9.17) is 9.47 Å². The van der Waals surface area contributed by atoms with Crippen molar-refractivity contribution in [2.75, 3.05) is 13.2 Å². The Hall–Kier alpha value is -1.97. The average molecular weight is 234 g/mol. The molecule has 0 saturated heterocycles. The Labute approximate surface area is 99.5 Å². The summed E-state index contributed by atoms with van der Waals surface area (Å²) in [5.41, 5.74) is 1.14. The van der Waals surface area contributed by atoms with Gasteiger partial charge in [0.1, 0.15) is 5.75 Å². The molecule has 4 nitrogen and oxygen atoms in total. The van der Waals surface area contributed by atoms with E-state index in [1.165, 1.54) is 0 Å². The lowest BCUT2D eigenvalue weighted by atomic mass is 9.94. The van der Waals surface area contributed by atoms with Crippen molar-refractivity contribution in [3.8, 4) is 5.75 Å². The third kappa shape index (κ3) is 2.11. The number of aliphatic hydroxyl groups is 1. The topological polar surface area (TPSA) is 55.8 Å². The van der Waals surface area contributed by atoms with Gasteiger partial charge in [-0.05, 0) is 13.0 Å². The van der Waals surface area contributed by atoms with E-state index < -0.39 is 5.97 Å². The van der Waals surface area contributed by atoms with Crippen molar-refractivity contribution in [2.24, 2.45) is 0 Å². The fraction of sp³-hybridized carbons (Fsp3) is 0.308. The van der Waals surface area contributed by atoms with Crippen LogP contribution in [0.25, 0.3) is 0 Å². The number of esters is 1. The van der Waals surface area contributed by atoms with Crippen molar-refractivity contribution in [3.05, 3.63) is 41.7 Å². The van der Waals surface area contributed by atoms with Crippen molar-refractivity contribution in [1.29, 1.82) is 0 Å². The minimum absolute atomic E-state index is 0.233. The summed E-state index contributed by atoms with van der Waals surface area (Å²) < 4.78 is 10.4. The minimum atomic E-state index is -0.500. The molecule has 0 aromatic heterocycles. The van der Waals surface area contributed by atoms with Crippen molar-refractivity contribution in [3.63, 3.8) is 0 Å². The van der Waals surface area contributed by atoms with Crippen LogP contribution in [0.1, 0.15) is 18.4 Å². The van der Waals surface area contributed by atoms with Gasteiger partial charge in [0.25, 0.3) is 0 Å². The summed E-state index contributed by atoms with van der Waals surface area (Å²) in [7, 11) is 0. The molecule has 1 unspecified atom stereocenters. The zero-order chi connectivity index (χ0) is 12.3. The maximum Gasteiger partial charge on any atom is 0.337 e. The van der Waals surface area contributed by atoms with Gasteiger partial charge in [-0.15, -0.1) is 0 Å². The van der Waals surface area contributed by atoms with Gasteiger partial charge in [-0.2, -0.15) is 0 Å². The van der Waals surface area contributed by atoms with Crippen LogP contribution >= 0.6 is 0 Å². The van der Waals surface area contributed by atoms with E-state index in [0.29, 0.717) is 6.61 Å². The molecule has 0 saturated carbocycles. The van der Waals surface area contributed by atoms with Gasteiger partial charge in [0.2, 0.25) is 0 Å². The zero-order valence-corrected chi connectivity index (χ0v) is 9.55. The lowest BCUT2D eigenvalue weighted by Crippen LogP contribution is -2.16. The lowest BCUT2D eigenvalue weighted by molar-refractivity contribution is -0.139. The third-order valence-electron chi connectivity index (χ3n) is 2.73. The molecule has 1 N–H and O–H groups in total.